The zero-order valence-electron chi connectivity index (χ0n) is 11.8. The summed E-state index contributed by atoms with van der Waals surface area (Å²) in [6.07, 6.45) is 2.43. The van der Waals surface area contributed by atoms with E-state index in [1.165, 1.54) is 12.1 Å². The molecule has 0 aliphatic heterocycles. The van der Waals surface area contributed by atoms with Crippen LogP contribution in [-0.2, 0) is 4.74 Å². The third-order valence-electron chi connectivity index (χ3n) is 3.64. The van der Waals surface area contributed by atoms with Crippen LogP contribution in [0.15, 0.2) is 18.2 Å². The van der Waals surface area contributed by atoms with E-state index in [0.717, 1.165) is 30.8 Å². The van der Waals surface area contributed by atoms with E-state index in [0.29, 0.717) is 12.1 Å². The quantitative estimate of drug-likeness (QED) is 0.859. The van der Waals surface area contributed by atoms with E-state index in [-0.39, 0.29) is 11.9 Å². The minimum absolute atomic E-state index is 0.0678. The van der Waals surface area contributed by atoms with Gasteiger partial charge in [0.05, 0.1) is 13.2 Å². The smallest absolute Gasteiger partial charge is 0.123 e. The summed E-state index contributed by atoms with van der Waals surface area (Å²) < 4.78 is 24.2. The third kappa shape index (κ3) is 3.45. The van der Waals surface area contributed by atoms with E-state index in [4.69, 9.17) is 9.47 Å². The van der Waals surface area contributed by atoms with E-state index in [9.17, 15) is 4.39 Å². The van der Waals surface area contributed by atoms with Gasteiger partial charge in [0.15, 0.2) is 0 Å². The van der Waals surface area contributed by atoms with Crippen molar-refractivity contribution in [3.05, 3.63) is 29.6 Å². The summed E-state index contributed by atoms with van der Waals surface area (Å²) in [6, 6.07) is 5.14. The lowest BCUT2D eigenvalue weighted by Gasteiger charge is -2.37. The van der Waals surface area contributed by atoms with Gasteiger partial charge in [0.1, 0.15) is 11.6 Å². The van der Waals surface area contributed by atoms with Crippen LogP contribution in [-0.4, -0.2) is 25.9 Å². The highest BCUT2D eigenvalue weighted by Gasteiger charge is 2.30. The van der Waals surface area contributed by atoms with Crippen LogP contribution in [0.4, 0.5) is 4.39 Å². The lowest BCUT2D eigenvalue weighted by Crippen LogP contribution is -2.46. The number of ether oxygens (including phenoxy) is 2. The van der Waals surface area contributed by atoms with Gasteiger partial charge >= 0.3 is 0 Å². The molecule has 3 nitrogen and oxygen atoms in total. The fraction of sp³-hybridized carbons (Fsp3) is 0.600. The topological polar surface area (TPSA) is 30.5 Å². The Morgan fingerprint density at radius 1 is 1.42 bits per heavy atom. The van der Waals surface area contributed by atoms with E-state index >= 15 is 0 Å². The molecule has 0 amide bonds. The van der Waals surface area contributed by atoms with Crippen molar-refractivity contribution in [2.45, 2.75) is 44.9 Å². The average Bonchev–Trinajstić information content (AvgIpc) is 2.36. The first-order valence-corrected chi connectivity index (χ1v) is 6.85. The number of rotatable bonds is 6. The van der Waals surface area contributed by atoms with Crippen LogP contribution in [0.25, 0.3) is 0 Å². The van der Waals surface area contributed by atoms with Gasteiger partial charge in [-0.2, -0.15) is 0 Å². The third-order valence-corrected chi connectivity index (χ3v) is 3.64. The van der Waals surface area contributed by atoms with E-state index in [1.807, 2.05) is 13.8 Å². The van der Waals surface area contributed by atoms with Crippen LogP contribution in [0, 0.1) is 5.82 Å². The van der Waals surface area contributed by atoms with Gasteiger partial charge < -0.3 is 14.8 Å². The first-order chi connectivity index (χ1) is 9.13. The summed E-state index contributed by atoms with van der Waals surface area (Å²) in [7, 11) is 1.61. The molecule has 19 heavy (non-hydrogen) atoms. The molecule has 4 heteroatoms. The molecule has 0 heterocycles. The molecule has 1 N–H and O–H groups in total. The van der Waals surface area contributed by atoms with Crippen molar-refractivity contribution in [1.29, 1.82) is 0 Å². The largest absolute Gasteiger partial charge is 0.496 e. The standard InChI is InChI=1S/C15H22FNO2/c1-4-19-13-8-12(9-13)17-10(2)14-7-11(16)5-6-15(14)18-3/h5-7,10,12-13,17H,4,8-9H2,1-3H3. The summed E-state index contributed by atoms with van der Waals surface area (Å²) in [6.45, 7) is 4.82. The molecule has 106 valence electrons. The minimum atomic E-state index is -0.231. The Morgan fingerprint density at radius 3 is 2.79 bits per heavy atom. The molecule has 0 radical (unpaired) electrons. The number of methoxy groups -OCH3 is 1. The molecule has 0 saturated heterocycles. The van der Waals surface area contributed by atoms with E-state index in [1.54, 1.807) is 13.2 Å². The zero-order chi connectivity index (χ0) is 13.8. The fourth-order valence-electron chi connectivity index (χ4n) is 2.56. The maximum atomic E-state index is 13.3. The first kappa shape index (κ1) is 14.3. The zero-order valence-corrected chi connectivity index (χ0v) is 11.8. The lowest BCUT2D eigenvalue weighted by atomic mass is 9.88. The molecule has 1 saturated carbocycles. The number of nitrogens with one attached hydrogen (secondary N) is 1. The maximum Gasteiger partial charge on any atom is 0.123 e. The Balaban J connectivity index is 1.93. The molecule has 0 spiro atoms. The molecule has 1 fully saturated rings. The normalized spacial score (nSPS) is 23.8. The Hall–Kier alpha value is -1.13. The van der Waals surface area contributed by atoms with Crippen LogP contribution < -0.4 is 10.1 Å². The summed E-state index contributed by atoms with van der Waals surface area (Å²) in [5.74, 6) is 0.493. The first-order valence-electron chi connectivity index (χ1n) is 6.85. The molecule has 1 aliphatic carbocycles. The highest BCUT2D eigenvalue weighted by Crippen LogP contribution is 2.30. The van der Waals surface area contributed by atoms with Gasteiger partial charge in [0, 0.05) is 24.3 Å². The number of halogens is 1. The Kier molecular flexibility index (Phi) is 4.77. The molecule has 2 rings (SSSR count). The van der Waals surface area contributed by atoms with Crippen molar-refractivity contribution in [3.8, 4) is 5.75 Å². The van der Waals surface area contributed by atoms with Crippen molar-refractivity contribution in [1.82, 2.24) is 5.32 Å². The second kappa shape index (κ2) is 6.35. The molecule has 1 unspecified atom stereocenters. The second-order valence-corrected chi connectivity index (χ2v) is 5.02. The van der Waals surface area contributed by atoms with Gasteiger partial charge in [-0.15, -0.1) is 0 Å². The second-order valence-electron chi connectivity index (χ2n) is 5.02. The van der Waals surface area contributed by atoms with Crippen LogP contribution >= 0.6 is 0 Å². The van der Waals surface area contributed by atoms with Crippen LogP contribution in [0.2, 0.25) is 0 Å². The van der Waals surface area contributed by atoms with Crippen molar-refractivity contribution >= 4 is 0 Å². The van der Waals surface area contributed by atoms with Gasteiger partial charge in [0.2, 0.25) is 0 Å². The predicted octanol–water partition coefficient (Wildman–Crippen LogP) is 3.05. The molecule has 0 aromatic heterocycles. The van der Waals surface area contributed by atoms with Crippen molar-refractivity contribution in [2.75, 3.05) is 13.7 Å². The molecule has 1 atom stereocenters. The molecular weight excluding hydrogens is 245 g/mol. The van der Waals surface area contributed by atoms with Crippen molar-refractivity contribution < 1.29 is 13.9 Å². The Labute approximate surface area is 114 Å². The Morgan fingerprint density at radius 2 is 2.16 bits per heavy atom. The number of hydrogen-bond acceptors (Lipinski definition) is 3. The summed E-state index contributed by atoms with van der Waals surface area (Å²) in [4.78, 5) is 0. The minimum Gasteiger partial charge on any atom is -0.496 e. The Bertz CT molecular complexity index is 419. The summed E-state index contributed by atoms with van der Waals surface area (Å²) in [5.41, 5.74) is 0.863. The van der Waals surface area contributed by atoms with Gasteiger partial charge in [-0.3, -0.25) is 0 Å². The van der Waals surface area contributed by atoms with Crippen LogP contribution in [0.5, 0.6) is 5.75 Å². The van der Waals surface area contributed by atoms with Crippen molar-refractivity contribution in [2.24, 2.45) is 0 Å². The van der Waals surface area contributed by atoms with Gasteiger partial charge in [-0.05, 0) is 44.9 Å². The molecule has 1 aromatic carbocycles. The summed E-state index contributed by atoms with van der Waals surface area (Å²) in [5, 5.41) is 3.50. The average molecular weight is 267 g/mol. The molecule has 1 aromatic rings. The van der Waals surface area contributed by atoms with E-state index < -0.39 is 0 Å². The van der Waals surface area contributed by atoms with Crippen LogP contribution in [0.1, 0.15) is 38.3 Å². The highest BCUT2D eigenvalue weighted by molar-refractivity contribution is 5.36. The number of benzene rings is 1. The van der Waals surface area contributed by atoms with Crippen molar-refractivity contribution in [3.63, 3.8) is 0 Å². The lowest BCUT2D eigenvalue weighted by molar-refractivity contribution is -0.0120. The maximum absolute atomic E-state index is 13.3. The van der Waals surface area contributed by atoms with E-state index in [2.05, 4.69) is 5.32 Å². The molecular formula is C15H22FNO2. The van der Waals surface area contributed by atoms with Gasteiger partial charge in [-0.1, -0.05) is 0 Å². The highest BCUT2D eigenvalue weighted by atomic mass is 19.1. The number of hydrogen-bond donors (Lipinski definition) is 1. The van der Waals surface area contributed by atoms with Crippen LogP contribution in [0.3, 0.4) is 0 Å². The molecule has 1 aliphatic rings. The molecule has 0 bridgehead atoms. The predicted molar refractivity (Wildman–Crippen MR) is 72.9 cm³/mol. The SMILES string of the molecule is CCOC1CC(NC(C)c2cc(F)ccc2OC)C1. The van der Waals surface area contributed by atoms with Gasteiger partial charge in [-0.25, -0.2) is 4.39 Å². The fourth-order valence-corrected chi connectivity index (χ4v) is 2.56. The van der Waals surface area contributed by atoms with Gasteiger partial charge in [0.25, 0.3) is 0 Å². The summed E-state index contributed by atoms with van der Waals surface area (Å²) >= 11 is 0. The monoisotopic (exact) mass is 267 g/mol.